The lowest BCUT2D eigenvalue weighted by atomic mass is 10.0. The second-order valence-electron chi connectivity index (χ2n) is 8.23. The van der Waals surface area contributed by atoms with Gasteiger partial charge in [-0.05, 0) is 37.6 Å². The summed E-state index contributed by atoms with van der Waals surface area (Å²) in [6.45, 7) is 4.37. The van der Waals surface area contributed by atoms with E-state index in [-0.39, 0.29) is 6.04 Å². The molecule has 7 nitrogen and oxygen atoms in total. The number of aromatic nitrogens is 4. The number of hydrogen-bond acceptors (Lipinski definition) is 6. The fourth-order valence-corrected chi connectivity index (χ4v) is 4.07. The van der Waals surface area contributed by atoms with Crippen LogP contribution < -0.4 is 4.74 Å². The van der Waals surface area contributed by atoms with E-state index in [0.717, 1.165) is 39.3 Å². The highest BCUT2D eigenvalue weighted by atomic mass is 16.5. The Morgan fingerprint density at radius 1 is 1.10 bits per heavy atom. The van der Waals surface area contributed by atoms with Crippen LogP contribution in [0.25, 0.3) is 22.2 Å². The summed E-state index contributed by atoms with van der Waals surface area (Å²) in [4.78, 5) is 13.5. The van der Waals surface area contributed by atoms with E-state index in [0.29, 0.717) is 19.0 Å². The van der Waals surface area contributed by atoms with E-state index in [9.17, 15) is 5.11 Å². The number of rotatable bonds is 4. The Bertz CT molecular complexity index is 1240. The van der Waals surface area contributed by atoms with Gasteiger partial charge in [0.25, 0.3) is 0 Å². The van der Waals surface area contributed by atoms with Crippen LogP contribution in [0.3, 0.4) is 0 Å². The van der Waals surface area contributed by atoms with Crippen LogP contribution in [0, 0.1) is 0 Å². The zero-order valence-electron chi connectivity index (χ0n) is 17.7. The second kappa shape index (κ2) is 7.44. The maximum absolute atomic E-state index is 10.1. The van der Waals surface area contributed by atoms with Crippen molar-refractivity contribution >= 4 is 11.0 Å². The number of aliphatic hydroxyl groups is 1. The van der Waals surface area contributed by atoms with Gasteiger partial charge < -0.3 is 19.1 Å². The molecule has 5 rings (SSSR count). The summed E-state index contributed by atoms with van der Waals surface area (Å²) in [7, 11) is 1.69. The minimum Gasteiger partial charge on any atom is -0.496 e. The third-order valence-electron chi connectivity index (χ3n) is 5.61. The molecule has 0 saturated carbocycles. The number of imidazole rings is 1. The van der Waals surface area contributed by atoms with E-state index >= 15 is 0 Å². The summed E-state index contributed by atoms with van der Waals surface area (Å²) in [6.07, 6.45) is 3.49. The number of hydrogen-bond donors (Lipinski definition) is 1. The maximum atomic E-state index is 10.1. The number of methoxy groups -OCH3 is 1. The molecule has 0 aliphatic carbocycles. The first-order valence-corrected chi connectivity index (χ1v) is 10.2. The van der Waals surface area contributed by atoms with Gasteiger partial charge in [-0.15, -0.1) is 0 Å². The van der Waals surface area contributed by atoms with Crippen LogP contribution in [0.1, 0.15) is 37.1 Å². The van der Waals surface area contributed by atoms with Crippen LogP contribution in [-0.4, -0.2) is 38.3 Å². The molecular weight excluding hydrogens is 392 g/mol. The predicted molar refractivity (Wildman–Crippen MR) is 117 cm³/mol. The van der Waals surface area contributed by atoms with Crippen LogP contribution >= 0.6 is 0 Å². The Morgan fingerprint density at radius 2 is 1.87 bits per heavy atom. The van der Waals surface area contributed by atoms with Crippen molar-refractivity contribution in [1.82, 2.24) is 19.5 Å². The van der Waals surface area contributed by atoms with E-state index in [2.05, 4.69) is 26.7 Å². The van der Waals surface area contributed by atoms with Crippen molar-refractivity contribution in [1.29, 1.82) is 0 Å². The van der Waals surface area contributed by atoms with Gasteiger partial charge in [0, 0.05) is 23.5 Å². The van der Waals surface area contributed by atoms with E-state index < -0.39 is 5.60 Å². The Kier molecular flexibility index (Phi) is 4.72. The normalized spacial score (nSPS) is 16.3. The standard InChI is InChI=1S/C24H24N4O3/c1-24(2,29)23-25-11-16(12-26-23)15-8-9-18-19(10-15)28-20(13-31-14-22(28)27-18)17-6-4-5-7-21(17)30-3/h4-12,20,29H,13-14H2,1-3H3/t20-/m1/s1. The number of para-hydroxylation sites is 1. The van der Waals surface area contributed by atoms with Crippen molar-refractivity contribution in [3.8, 4) is 16.9 Å². The molecule has 0 unspecified atom stereocenters. The summed E-state index contributed by atoms with van der Waals surface area (Å²) < 4.78 is 13.7. The largest absolute Gasteiger partial charge is 0.496 e. The van der Waals surface area contributed by atoms with Gasteiger partial charge in [0.15, 0.2) is 5.82 Å². The molecule has 0 saturated heterocycles. The molecule has 1 aliphatic rings. The highest BCUT2D eigenvalue weighted by molar-refractivity contribution is 5.83. The topological polar surface area (TPSA) is 82.3 Å². The lowest BCUT2D eigenvalue weighted by Crippen LogP contribution is -2.25. The minimum atomic E-state index is -1.07. The molecule has 7 heteroatoms. The zero-order valence-corrected chi connectivity index (χ0v) is 17.7. The quantitative estimate of drug-likeness (QED) is 0.544. The predicted octanol–water partition coefficient (Wildman–Crippen LogP) is 3.85. The van der Waals surface area contributed by atoms with E-state index in [4.69, 9.17) is 14.5 Å². The number of fused-ring (bicyclic) bond motifs is 3. The van der Waals surface area contributed by atoms with Crippen LogP contribution in [0.5, 0.6) is 5.75 Å². The van der Waals surface area contributed by atoms with Crippen LogP contribution in [0.2, 0.25) is 0 Å². The fraction of sp³-hybridized carbons (Fsp3) is 0.292. The summed E-state index contributed by atoms with van der Waals surface area (Å²) in [5.41, 5.74) is 3.80. The van der Waals surface area contributed by atoms with Crippen molar-refractivity contribution in [3.05, 3.63) is 72.1 Å². The van der Waals surface area contributed by atoms with Gasteiger partial charge in [-0.25, -0.2) is 15.0 Å². The monoisotopic (exact) mass is 416 g/mol. The van der Waals surface area contributed by atoms with Gasteiger partial charge in [-0.2, -0.15) is 0 Å². The summed E-state index contributed by atoms with van der Waals surface area (Å²) in [5, 5.41) is 10.1. The zero-order chi connectivity index (χ0) is 21.6. The summed E-state index contributed by atoms with van der Waals surface area (Å²) >= 11 is 0. The molecule has 158 valence electrons. The molecule has 4 aromatic rings. The highest BCUT2D eigenvalue weighted by Gasteiger charge is 2.27. The van der Waals surface area contributed by atoms with E-state index in [1.807, 2.05) is 30.3 Å². The number of nitrogens with zero attached hydrogens (tertiary/aromatic N) is 4. The number of benzene rings is 2. The van der Waals surface area contributed by atoms with Crippen molar-refractivity contribution < 1.29 is 14.6 Å². The smallest absolute Gasteiger partial charge is 0.159 e. The Balaban J connectivity index is 1.62. The van der Waals surface area contributed by atoms with Crippen molar-refractivity contribution in [3.63, 3.8) is 0 Å². The molecule has 2 aromatic carbocycles. The van der Waals surface area contributed by atoms with E-state index in [1.165, 1.54) is 0 Å². The Hall–Kier alpha value is -3.29. The first kappa shape index (κ1) is 19.7. The average Bonchev–Trinajstić information content (AvgIpc) is 3.16. The second-order valence-corrected chi connectivity index (χ2v) is 8.23. The Labute approximate surface area is 180 Å². The lowest BCUT2D eigenvalue weighted by Gasteiger charge is -2.27. The molecule has 31 heavy (non-hydrogen) atoms. The van der Waals surface area contributed by atoms with Crippen molar-refractivity contribution in [2.75, 3.05) is 13.7 Å². The molecule has 0 bridgehead atoms. The van der Waals surface area contributed by atoms with Gasteiger partial charge >= 0.3 is 0 Å². The molecule has 0 radical (unpaired) electrons. The number of ether oxygens (including phenoxy) is 2. The molecule has 0 fully saturated rings. The third-order valence-corrected chi connectivity index (χ3v) is 5.61. The highest BCUT2D eigenvalue weighted by Crippen LogP contribution is 2.36. The molecule has 0 spiro atoms. The van der Waals surface area contributed by atoms with E-state index in [1.54, 1.807) is 33.4 Å². The first-order valence-electron chi connectivity index (χ1n) is 10.2. The maximum Gasteiger partial charge on any atom is 0.159 e. The van der Waals surface area contributed by atoms with Gasteiger partial charge in [-0.1, -0.05) is 24.3 Å². The van der Waals surface area contributed by atoms with Gasteiger partial charge in [0.1, 0.15) is 23.8 Å². The lowest BCUT2D eigenvalue weighted by molar-refractivity contribution is 0.0672. The first-order chi connectivity index (χ1) is 15.0. The van der Waals surface area contributed by atoms with Gasteiger partial charge in [0.05, 0.1) is 30.8 Å². The average molecular weight is 416 g/mol. The van der Waals surface area contributed by atoms with Crippen LogP contribution in [0.15, 0.2) is 54.9 Å². The fourth-order valence-electron chi connectivity index (χ4n) is 4.07. The molecule has 0 amide bonds. The molecule has 1 aliphatic heterocycles. The molecular formula is C24H24N4O3. The molecule has 2 aromatic heterocycles. The minimum absolute atomic E-state index is 0.0334. The van der Waals surface area contributed by atoms with Crippen molar-refractivity contribution in [2.24, 2.45) is 0 Å². The van der Waals surface area contributed by atoms with Gasteiger partial charge in [-0.3, -0.25) is 0 Å². The third kappa shape index (κ3) is 3.45. The summed E-state index contributed by atoms with van der Waals surface area (Å²) in [5.74, 6) is 2.12. The SMILES string of the molecule is COc1ccccc1[C@H]1COCc2nc3ccc(-c4cnc(C(C)(C)O)nc4)cc3n21. The molecule has 3 heterocycles. The molecule has 1 N–H and O–H groups in total. The van der Waals surface area contributed by atoms with Gasteiger partial charge in [0.2, 0.25) is 0 Å². The summed E-state index contributed by atoms with van der Waals surface area (Å²) in [6, 6.07) is 14.1. The molecule has 1 atom stereocenters. The van der Waals surface area contributed by atoms with Crippen LogP contribution in [-0.2, 0) is 16.9 Å². The van der Waals surface area contributed by atoms with Crippen molar-refractivity contribution in [2.45, 2.75) is 32.1 Å². The Morgan fingerprint density at radius 3 is 2.61 bits per heavy atom. The van der Waals surface area contributed by atoms with Crippen LogP contribution in [0.4, 0.5) is 0 Å².